The fraction of sp³-hybridized carbons (Fsp3) is 0.125. The van der Waals surface area contributed by atoms with Gasteiger partial charge in [0.25, 0.3) is 11.8 Å². The molecule has 1 saturated heterocycles. The van der Waals surface area contributed by atoms with Crippen molar-refractivity contribution < 1.29 is 18.7 Å². The Kier molecular flexibility index (Phi) is 9.35. The van der Waals surface area contributed by atoms with Crippen molar-refractivity contribution >= 4 is 62.7 Å². The molecule has 8 nitrogen and oxygen atoms in total. The molecule has 0 spiro atoms. The summed E-state index contributed by atoms with van der Waals surface area (Å²) in [5, 5.41) is 11.9. The van der Waals surface area contributed by atoms with Gasteiger partial charge in [-0.1, -0.05) is 57.9 Å². The molecule has 212 valence electrons. The molecule has 0 unspecified atom stereocenters. The molecule has 42 heavy (non-hydrogen) atoms. The molecule has 0 saturated carbocycles. The molecule has 1 aliphatic rings. The van der Waals surface area contributed by atoms with Gasteiger partial charge in [-0.15, -0.1) is 5.10 Å². The average Bonchev–Trinajstić information content (AvgIpc) is 3.59. The van der Waals surface area contributed by atoms with Crippen LogP contribution in [0.25, 0.3) is 6.08 Å². The maximum atomic E-state index is 13.6. The van der Waals surface area contributed by atoms with Crippen LogP contribution < -0.4 is 10.1 Å². The zero-order chi connectivity index (χ0) is 29.5. The topological polar surface area (TPSA) is 96.5 Å². The molecule has 1 aliphatic heterocycles. The van der Waals surface area contributed by atoms with Gasteiger partial charge in [0.1, 0.15) is 11.5 Å². The molecule has 10 heteroatoms. The van der Waals surface area contributed by atoms with E-state index in [-0.39, 0.29) is 25.0 Å². The lowest BCUT2D eigenvalue weighted by molar-refractivity contribution is -0.122. The fourth-order valence-corrected chi connectivity index (χ4v) is 5.34. The van der Waals surface area contributed by atoms with Gasteiger partial charge in [-0.2, -0.15) is 5.10 Å². The Morgan fingerprint density at radius 1 is 1.05 bits per heavy atom. The number of hydrogen-bond acceptors (Lipinski definition) is 7. The van der Waals surface area contributed by atoms with Gasteiger partial charge >= 0.3 is 0 Å². The van der Waals surface area contributed by atoms with Crippen LogP contribution in [0.1, 0.15) is 28.0 Å². The Bertz CT molecular complexity index is 1680. The first-order chi connectivity index (χ1) is 20.4. The number of rotatable bonds is 9. The van der Waals surface area contributed by atoms with Gasteiger partial charge in [0.05, 0.1) is 23.9 Å². The van der Waals surface area contributed by atoms with Crippen LogP contribution in [-0.4, -0.2) is 34.7 Å². The number of amidine groups is 1. The van der Waals surface area contributed by atoms with Crippen molar-refractivity contribution in [2.75, 3.05) is 11.9 Å². The molecular weight excluding hydrogens is 616 g/mol. The molecule has 1 N–H and O–H groups in total. The first-order valence-electron chi connectivity index (χ1n) is 13.0. The predicted molar refractivity (Wildman–Crippen MR) is 170 cm³/mol. The van der Waals surface area contributed by atoms with Crippen LogP contribution in [0.4, 0.5) is 5.69 Å². The minimum Gasteiger partial charge on any atom is -0.483 e. The van der Waals surface area contributed by atoms with E-state index in [1.807, 2.05) is 74.5 Å². The summed E-state index contributed by atoms with van der Waals surface area (Å²) in [4.78, 5) is 28.1. The predicted octanol–water partition coefficient (Wildman–Crippen LogP) is 7.18. The highest BCUT2D eigenvalue weighted by Gasteiger charge is 2.34. The summed E-state index contributed by atoms with van der Waals surface area (Å²) in [7, 11) is 0. The normalized spacial score (nSPS) is 15.2. The van der Waals surface area contributed by atoms with Crippen LogP contribution >= 0.6 is 27.7 Å². The summed E-state index contributed by atoms with van der Waals surface area (Å²) in [5.74, 6) is 0.534. The first kappa shape index (κ1) is 29.1. The van der Waals surface area contributed by atoms with E-state index < -0.39 is 0 Å². The second-order valence-electron chi connectivity index (χ2n) is 9.45. The molecular formula is C32H27BrN4O4S. The van der Waals surface area contributed by atoms with E-state index in [1.54, 1.807) is 36.8 Å². The van der Waals surface area contributed by atoms with Gasteiger partial charge in [0.2, 0.25) is 0 Å². The summed E-state index contributed by atoms with van der Waals surface area (Å²) in [6.45, 7) is 3.99. The number of nitrogens with one attached hydrogen (secondary N) is 1. The summed E-state index contributed by atoms with van der Waals surface area (Å²) in [5.41, 5.74) is 4.43. The lowest BCUT2D eigenvalue weighted by Crippen LogP contribution is -2.28. The van der Waals surface area contributed by atoms with Crippen LogP contribution in [-0.2, 0) is 16.1 Å². The van der Waals surface area contributed by atoms with Gasteiger partial charge in [-0.3, -0.25) is 14.5 Å². The number of nitrogens with zero attached hydrogens (tertiary/aromatic N) is 3. The van der Waals surface area contributed by atoms with Gasteiger partial charge < -0.3 is 14.5 Å². The van der Waals surface area contributed by atoms with E-state index in [1.165, 1.54) is 16.7 Å². The number of amides is 2. The molecule has 1 fully saturated rings. The number of furan rings is 1. The first-order valence-corrected chi connectivity index (χ1v) is 14.7. The second-order valence-corrected chi connectivity index (χ2v) is 11.4. The van der Waals surface area contributed by atoms with E-state index in [0.717, 1.165) is 21.2 Å². The summed E-state index contributed by atoms with van der Waals surface area (Å²) >= 11 is 4.70. The van der Waals surface area contributed by atoms with E-state index in [2.05, 4.69) is 31.4 Å². The number of benzene rings is 3. The number of anilines is 1. The average molecular weight is 644 g/mol. The summed E-state index contributed by atoms with van der Waals surface area (Å²) in [6, 6.07) is 24.3. The van der Waals surface area contributed by atoms with E-state index >= 15 is 0 Å². The van der Waals surface area contributed by atoms with E-state index in [9.17, 15) is 9.59 Å². The molecule has 3 aromatic carbocycles. The van der Waals surface area contributed by atoms with Crippen LogP contribution in [0, 0.1) is 13.8 Å². The molecule has 0 bridgehead atoms. The molecule has 2 heterocycles. The highest BCUT2D eigenvalue weighted by molar-refractivity contribution is 9.10. The standard InChI is InChI=1S/C32H27BrN4O4S/c1-21-9-12-26(13-10-21)35-30(38)20-41-28-14-11-25(33)16-24(28)17-29-31(39)37(19-27-8-5-15-40-27)32(42-29)36-34-18-23-7-4-3-6-22(23)2/h3-18H,19-20H2,1-2H3,(H,35,38)/b29-17-,34-18-,36-32+. The van der Waals surface area contributed by atoms with E-state index in [4.69, 9.17) is 9.15 Å². The molecule has 2 amide bonds. The molecule has 0 atom stereocenters. The number of ether oxygens (including phenoxy) is 1. The second kappa shape index (κ2) is 13.5. The Morgan fingerprint density at radius 2 is 1.86 bits per heavy atom. The van der Waals surface area contributed by atoms with Crippen molar-refractivity contribution in [2.24, 2.45) is 10.2 Å². The van der Waals surface area contributed by atoms with Crippen molar-refractivity contribution in [2.45, 2.75) is 20.4 Å². The SMILES string of the molecule is Cc1ccc(NC(=O)COc2ccc(Br)cc2/C=C2\S/C(=N/N=C\c3ccccc3C)N(Cc3ccco3)C2=O)cc1. The summed E-state index contributed by atoms with van der Waals surface area (Å²) < 4.78 is 12.2. The van der Waals surface area contributed by atoms with Crippen molar-refractivity contribution in [3.05, 3.63) is 123 Å². The molecule has 4 aromatic rings. The maximum absolute atomic E-state index is 13.6. The van der Waals surface area contributed by atoms with Crippen LogP contribution in [0.2, 0.25) is 0 Å². The Morgan fingerprint density at radius 3 is 2.62 bits per heavy atom. The molecule has 0 radical (unpaired) electrons. The van der Waals surface area contributed by atoms with Crippen molar-refractivity contribution in [1.82, 2.24) is 4.90 Å². The third kappa shape index (κ3) is 7.45. The van der Waals surface area contributed by atoms with Gasteiger partial charge in [-0.05, 0) is 85.3 Å². The zero-order valence-electron chi connectivity index (χ0n) is 22.9. The maximum Gasteiger partial charge on any atom is 0.267 e. The zero-order valence-corrected chi connectivity index (χ0v) is 25.3. The van der Waals surface area contributed by atoms with Crippen LogP contribution in [0.15, 0.2) is 109 Å². The van der Waals surface area contributed by atoms with Gasteiger partial charge in [0.15, 0.2) is 11.8 Å². The molecule has 0 aliphatic carbocycles. The van der Waals surface area contributed by atoms with E-state index in [0.29, 0.717) is 32.8 Å². The van der Waals surface area contributed by atoms with Gasteiger partial charge in [-0.25, -0.2) is 0 Å². The number of halogens is 1. The minimum absolute atomic E-state index is 0.197. The van der Waals surface area contributed by atoms with Crippen LogP contribution in [0.3, 0.4) is 0 Å². The number of aryl methyl sites for hydroxylation is 2. The summed E-state index contributed by atoms with van der Waals surface area (Å²) in [6.07, 6.45) is 4.96. The molecule has 1 aromatic heterocycles. The number of thioether (sulfide) groups is 1. The smallest absolute Gasteiger partial charge is 0.267 e. The highest BCUT2D eigenvalue weighted by atomic mass is 79.9. The minimum atomic E-state index is -0.294. The van der Waals surface area contributed by atoms with Crippen molar-refractivity contribution in [1.29, 1.82) is 0 Å². The fourth-order valence-electron chi connectivity index (χ4n) is 4.03. The number of carbonyl (C=O) groups is 2. The third-order valence-electron chi connectivity index (χ3n) is 6.26. The quantitative estimate of drug-likeness (QED) is 0.118. The number of carbonyl (C=O) groups excluding carboxylic acids is 2. The Labute approximate surface area is 256 Å². The largest absolute Gasteiger partial charge is 0.483 e. The van der Waals surface area contributed by atoms with Gasteiger partial charge in [0, 0.05) is 15.7 Å². The monoisotopic (exact) mass is 642 g/mol. The lowest BCUT2D eigenvalue weighted by atomic mass is 10.1. The van der Waals surface area contributed by atoms with Crippen molar-refractivity contribution in [3.63, 3.8) is 0 Å². The Balaban J connectivity index is 1.37. The number of hydrogen-bond donors (Lipinski definition) is 1. The Hall–Kier alpha value is -4.41. The molecule has 5 rings (SSSR count). The van der Waals surface area contributed by atoms with Crippen LogP contribution in [0.5, 0.6) is 5.75 Å². The third-order valence-corrected chi connectivity index (χ3v) is 7.75. The highest BCUT2D eigenvalue weighted by Crippen LogP contribution is 2.36. The lowest BCUT2D eigenvalue weighted by Gasteiger charge is -2.13. The van der Waals surface area contributed by atoms with Crippen molar-refractivity contribution in [3.8, 4) is 5.75 Å².